The molecule has 0 saturated carbocycles. The van der Waals surface area contributed by atoms with Crippen LogP contribution in [0, 0.1) is 0 Å². The van der Waals surface area contributed by atoms with Crippen molar-refractivity contribution < 1.29 is 28.2 Å². The quantitative estimate of drug-likeness (QED) is 0.494. The van der Waals surface area contributed by atoms with Crippen molar-refractivity contribution in [1.82, 2.24) is 9.88 Å². The van der Waals surface area contributed by atoms with E-state index in [0.29, 0.717) is 38.4 Å². The van der Waals surface area contributed by atoms with E-state index in [1.807, 2.05) is 18.2 Å². The second-order valence-electron chi connectivity index (χ2n) is 8.95. The molecule has 1 amide bonds. The Bertz CT molecular complexity index is 1230. The summed E-state index contributed by atoms with van der Waals surface area (Å²) in [5.41, 5.74) is 3.11. The molecule has 188 valence electrons. The summed E-state index contributed by atoms with van der Waals surface area (Å²) in [6, 6.07) is 13.5. The third-order valence-corrected chi connectivity index (χ3v) is 6.52. The normalized spacial score (nSPS) is 17.2. The van der Waals surface area contributed by atoms with Crippen LogP contribution in [0.4, 0.5) is 14.5 Å². The van der Waals surface area contributed by atoms with Gasteiger partial charge in [-0.1, -0.05) is 18.2 Å². The number of aromatic hydroxyl groups is 1. The van der Waals surface area contributed by atoms with Gasteiger partial charge >= 0.3 is 0 Å². The zero-order valence-electron chi connectivity index (χ0n) is 19.6. The van der Waals surface area contributed by atoms with Gasteiger partial charge in [-0.15, -0.1) is 0 Å². The van der Waals surface area contributed by atoms with E-state index < -0.39 is 23.6 Å². The predicted octanol–water partition coefficient (Wildman–Crippen LogP) is 4.70. The van der Waals surface area contributed by atoms with E-state index in [4.69, 9.17) is 9.47 Å². The summed E-state index contributed by atoms with van der Waals surface area (Å²) in [5.74, 6) is -1.11. The number of phenols is 1. The number of benzene rings is 2. The fourth-order valence-corrected chi connectivity index (χ4v) is 4.63. The molecule has 2 aliphatic rings. The molecule has 1 fully saturated rings. The van der Waals surface area contributed by atoms with Crippen LogP contribution in [0.3, 0.4) is 0 Å². The number of pyridine rings is 1. The van der Waals surface area contributed by atoms with Gasteiger partial charge < -0.3 is 24.8 Å². The standard InChI is InChI=1S/C27H27F2N3O4/c28-26(29)18-12-23(33)25(24(13-18)36-16-19-5-1-2-9-30-19)27(34)32-10-7-17-4-3-6-22(21(17)14-32)31-20-8-11-35-15-20/h1-6,9,12-13,20,26,31,33H,7-8,10-11,14-16H2/t20-/m0/s1. The largest absolute Gasteiger partial charge is 0.507 e. The number of nitrogens with zero attached hydrogens (tertiary/aromatic N) is 2. The Morgan fingerprint density at radius 3 is 2.89 bits per heavy atom. The van der Waals surface area contributed by atoms with Crippen LogP contribution in [0.25, 0.3) is 0 Å². The van der Waals surface area contributed by atoms with Gasteiger partial charge in [-0.2, -0.15) is 0 Å². The van der Waals surface area contributed by atoms with E-state index in [2.05, 4.69) is 10.3 Å². The number of phenolic OH excluding ortho intramolecular Hbond substituents is 1. The smallest absolute Gasteiger partial charge is 0.264 e. The molecule has 5 rings (SSSR count). The Hall–Kier alpha value is -3.72. The highest BCUT2D eigenvalue weighted by atomic mass is 19.3. The number of carbonyl (C=O) groups excluding carboxylic acids is 1. The van der Waals surface area contributed by atoms with Gasteiger partial charge in [-0.05, 0) is 54.3 Å². The molecule has 0 spiro atoms. The van der Waals surface area contributed by atoms with Crippen LogP contribution < -0.4 is 10.1 Å². The topological polar surface area (TPSA) is 83.9 Å². The summed E-state index contributed by atoms with van der Waals surface area (Å²) in [7, 11) is 0. The summed E-state index contributed by atoms with van der Waals surface area (Å²) in [6.45, 7) is 2.06. The molecule has 1 atom stereocenters. The third kappa shape index (κ3) is 5.11. The molecule has 2 aromatic carbocycles. The van der Waals surface area contributed by atoms with Gasteiger partial charge in [0.25, 0.3) is 12.3 Å². The number of halogens is 2. The third-order valence-electron chi connectivity index (χ3n) is 6.52. The maximum Gasteiger partial charge on any atom is 0.264 e. The van der Waals surface area contributed by atoms with Crippen molar-refractivity contribution in [3.05, 3.63) is 82.7 Å². The summed E-state index contributed by atoms with van der Waals surface area (Å²) >= 11 is 0. The number of ether oxygens (including phenoxy) is 2. The SMILES string of the molecule is O=C(c1c(O)cc(C(F)F)cc1OCc1ccccn1)N1CCc2cccc(N[C@H]3CCOC3)c2C1. The first-order chi connectivity index (χ1) is 17.5. The molecule has 2 aliphatic heterocycles. The van der Waals surface area contributed by atoms with E-state index in [0.717, 1.165) is 35.4 Å². The molecular formula is C27H27F2N3O4. The molecule has 0 unspecified atom stereocenters. The van der Waals surface area contributed by atoms with Crippen molar-refractivity contribution in [3.63, 3.8) is 0 Å². The lowest BCUT2D eigenvalue weighted by atomic mass is 9.96. The molecule has 1 aromatic heterocycles. The van der Waals surface area contributed by atoms with Gasteiger partial charge in [0.15, 0.2) is 0 Å². The van der Waals surface area contributed by atoms with Crippen molar-refractivity contribution in [2.75, 3.05) is 25.1 Å². The maximum absolute atomic E-state index is 13.6. The second-order valence-corrected chi connectivity index (χ2v) is 8.95. The molecule has 7 nitrogen and oxygen atoms in total. The van der Waals surface area contributed by atoms with Crippen LogP contribution in [0.5, 0.6) is 11.5 Å². The molecule has 36 heavy (non-hydrogen) atoms. The van der Waals surface area contributed by atoms with E-state index in [1.165, 1.54) is 0 Å². The van der Waals surface area contributed by atoms with Crippen LogP contribution >= 0.6 is 0 Å². The van der Waals surface area contributed by atoms with Gasteiger partial charge in [-0.3, -0.25) is 9.78 Å². The van der Waals surface area contributed by atoms with Gasteiger partial charge in [0.2, 0.25) is 0 Å². The Morgan fingerprint density at radius 2 is 2.14 bits per heavy atom. The summed E-state index contributed by atoms with van der Waals surface area (Å²) in [6.07, 6.45) is 0.310. The minimum absolute atomic E-state index is 0.0341. The molecule has 3 aromatic rings. The zero-order valence-corrected chi connectivity index (χ0v) is 19.6. The van der Waals surface area contributed by atoms with Crippen LogP contribution in [-0.4, -0.2) is 46.7 Å². The highest BCUT2D eigenvalue weighted by Gasteiger charge is 2.30. The van der Waals surface area contributed by atoms with Gasteiger partial charge in [-0.25, -0.2) is 8.78 Å². The number of alkyl halides is 2. The van der Waals surface area contributed by atoms with Gasteiger partial charge in [0.05, 0.1) is 18.3 Å². The van der Waals surface area contributed by atoms with Crippen molar-refractivity contribution >= 4 is 11.6 Å². The molecule has 2 N–H and O–H groups in total. The first kappa shape index (κ1) is 24.0. The average Bonchev–Trinajstić information content (AvgIpc) is 3.40. The summed E-state index contributed by atoms with van der Waals surface area (Å²) < 4.78 is 38.2. The fraction of sp³-hybridized carbons (Fsp3) is 0.333. The molecule has 1 saturated heterocycles. The Morgan fingerprint density at radius 1 is 1.25 bits per heavy atom. The number of hydrogen-bond donors (Lipinski definition) is 2. The number of hydrogen-bond acceptors (Lipinski definition) is 6. The van der Waals surface area contributed by atoms with Crippen molar-refractivity contribution in [1.29, 1.82) is 0 Å². The highest BCUT2D eigenvalue weighted by Crippen LogP contribution is 2.37. The fourth-order valence-electron chi connectivity index (χ4n) is 4.63. The van der Waals surface area contributed by atoms with E-state index in [9.17, 15) is 18.7 Å². The highest BCUT2D eigenvalue weighted by molar-refractivity contribution is 6.00. The number of amides is 1. The van der Waals surface area contributed by atoms with Crippen molar-refractivity contribution in [3.8, 4) is 11.5 Å². The minimum Gasteiger partial charge on any atom is -0.507 e. The van der Waals surface area contributed by atoms with Gasteiger partial charge in [0, 0.05) is 37.1 Å². The number of anilines is 1. The minimum atomic E-state index is -2.83. The van der Waals surface area contributed by atoms with Crippen molar-refractivity contribution in [2.45, 2.75) is 38.5 Å². The zero-order chi connectivity index (χ0) is 25.1. The Labute approximate surface area is 207 Å². The Balaban J connectivity index is 1.42. The van der Waals surface area contributed by atoms with Crippen LogP contribution in [-0.2, 0) is 24.3 Å². The van der Waals surface area contributed by atoms with Crippen molar-refractivity contribution in [2.24, 2.45) is 0 Å². The number of nitrogens with one attached hydrogen (secondary N) is 1. The number of rotatable bonds is 7. The average molecular weight is 496 g/mol. The van der Waals surface area contributed by atoms with E-state index in [1.54, 1.807) is 29.3 Å². The second kappa shape index (κ2) is 10.5. The Kier molecular flexibility index (Phi) is 6.99. The van der Waals surface area contributed by atoms with Crippen LogP contribution in [0.15, 0.2) is 54.7 Å². The molecule has 0 radical (unpaired) electrons. The number of fused-ring (bicyclic) bond motifs is 1. The van der Waals surface area contributed by atoms with E-state index >= 15 is 0 Å². The predicted molar refractivity (Wildman–Crippen MR) is 129 cm³/mol. The molecule has 0 aliphatic carbocycles. The molecule has 3 heterocycles. The van der Waals surface area contributed by atoms with Crippen LogP contribution in [0.1, 0.15) is 45.6 Å². The summed E-state index contributed by atoms with van der Waals surface area (Å²) in [5, 5.41) is 14.2. The summed E-state index contributed by atoms with van der Waals surface area (Å²) in [4.78, 5) is 19.4. The van der Waals surface area contributed by atoms with Gasteiger partial charge in [0.1, 0.15) is 23.7 Å². The molecular weight excluding hydrogens is 468 g/mol. The first-order valence-corrected chi connectivity index (χ1v) is 11.9. The number of aromatic nitrogens is 1. The van der Waals surface area contributed by atoms with Crippen LogP contribution in [0.2, 0.25) is 0 Å². The van der Waals surface area contributed by atoms with E-state index in [-0.39, 0.29) is 24.0 Å². The molecule has 9 heteroatoms. The first-order valence-electron chi connectivity index (χ1n) is 11.9. The lowest BCUT2D eigenvalue weighted by molar-refractivity contribution is 0.0726. The number of carbonyl (C=O) groups is 1. The maximum atomic E-state index is 13.6. The lowest BCUT2D eigenvalue weighted by Gasteiger charge is -2.31. The lowest BCUT2D eigenvalue weighted by Crippen LogP contribution is -2.37. The monoisotopic (exact) mass is 495 g/mol. The molecule has 0 bridgehead atoms.